The maximum absolute atomic E-state index is 12.7. The van der Waals surface area contributed by atoms with Crippen molar-refractivity contribution >= 4 is 34.8 Å². The minimum Gasteiger partial charge on any atom is -0.491 e. The largest absolute Gasteiger partial charge is 0.491 e. The third kappa shape index (κ3) is 14.6. The molecule has 54 heavy (non-hydrogen) atoms. The maximum Gasteiger partial charge on any atom is 0.291 e. The molecule has 1 amide bonds. The van der Waals surface area contributed by atoms with E-state index < -0.39 is 21.0 Å². The van der Waals surface area contributed by atoms with E-state index in [1.165, 1.54) is 0 Å². The molecule has 0 aliphatic carbocycles. The average Bonchev–Trinajstić information content (AvgIpc) is 3.78. The van der Waals surface area contributed by atoms with Crippen molar-refractivity contribution in [2.75, 3.05) is 77.1 Å². The summed E-state index contributed by atoms with van der Waals surface area (Å²) in [4.78, 5) is 48.4. The Bertz CT molecular complexity index is 1600. The molecule has 2 aromatic carbocycles. The predicted molar refractivity (Wildman–Crippen MR) is 186 cm³/mol. The molecule has 3 aromatic rings. The highest BCUT2D eigenvalue weighted by atomic mass is 35.5. The van der Waals surface area contributed by atoms with Crippen LogP contribution in [0.4, 0.5) is 5.69 Å². The molecule has 0 bridgehead atoms. The molecule has 3 aliphatic heterocycles. The first-order chi connectivity index (χ1) is 25.7. The van der Waals surface area contributed by atoms with Gasteiger partial charge in [0.1, 0.15) is 18.5 Å². The van der Waals surface area contributed by atoms with Crippen molar-refractivity contribution in [2.24, 2.45) is 0 Å². The Balaban J connectivity index is 0.000000574. The van der Waals surface area contributed by atoms with E-state index in [-0.39, 0.29) is 12.0 Å². The molecule has 2 atom stereocenters. The van der Waals surface area contributed by atoms with Crippen molar-refractivity contribution in [1.29, 1.82) is 0 Å². The second kappa shape index (κ2) is 21.4. The van der Waals surface area contributed by atoms with Crippen LogP contribution in [0, 0.1) is 30.3 Å². The summed E-state index contributed by atoms with van der Waals surface area (Å²) in [6.07, 6.45) is 4.98. The monoisotopic (exact) mass is 804 g/mol. The van der Waals surface area contributed by atoms with Crippen LogP contribution < -0.4 is 9.64 Å². The average molecular weight is 806 g/mol. The van der Waals surface area contributed by atoms with Crippen LogP contribution in [-0.4, -0.2) is 134 Å². The van der Waals surface area contributed by atoms with Gasteiger partial charge in [-0.3, -0.25) is 9.69 Å². The SMILES string of the molecule is O=C(CN1CCOCC1)N1CCN(c2ccc(OCC3COC(Cn4ccnc4)(c4ccc(Cl)cc4Cl)O3)cc2)CC1.O=[N+]([O-])O.O=[N+]([O-])O.O=[N+]([O-])O. The number of benzene rings is 2. The van der Waals surface area contributed by atoms with Crippen molar-refractivity contribution in [3.05, 3.63) is 107 Å². The molecule has 0 saturated carbocycles. The molecule has 3 saturated heterocycles. The van der Waals surface area contributed by atoms with Gasteiger partial charge in [0.15, 0.2) is 0 Å². The summed E-state index contributed by atoms with van der Waals surface area (Å²) in [5, 5.41) is 41.9. The number of piperazine rings is 1. The second-order valence-corrected chi connectivity index (χ2v) is 12.3. The van der Waals surface area contributed by atoms with Gasteiger partial charge in [-0.2, -0.15) is 0 Å². The van der Waals surface area contributed by atoms with E-state index in [0.717, 1.165) is 50.7 Å². The number of imidazole rings is 1. The molecule has 1 aromatic heterocycles. The highest BCUT2D eigenvalue weighted by Gasteiger charge is 2.45. The molecule has 0 spiro atoms. The number of ether oxygens (including phenoxy) is 4. The molecular formula is C30H38Cl2N8O14. The zero-order valence-electron chi connectivity index (χ0n) is 28.5. The number of nitrogens with zero attached hydrogens (tertiary/aromatic N) is 8. The van der Waals surface area contributed by atoms with Crippen LogP contribution in [-0.2, 0) is 31.3 Å². The normalized spacial score (nSPS) is 19.5. The van der Waals surface area contributed by atoms with E-state index in [4.69, 9.17) is 88.1 Å². The zero-order valence-corrected chi connectivity index (χ0v) is 30.0. The lowest BCUT2D eigenvalue weighted by Crippen LogP contribution is -2.52. The molecule has 4 heterocycles. The fourth-order valence-electron chi connectivity index (χ4n) is 5.58. The summed E-state index contributed by atoms with van der Waals surface area (Å²) in [7, 11) is 0. The number of anilines is 1. The smallest absolute Gasteiger partial charge is 0.291 e. The van der Waals surface area contributed by atoms with E-state index >= 15 is 0 Å². The number of halogens is 2. The molecular weight excluding hydrogens is 767 g/mol. The van der Waals surface area contributed by atoms with E-state index in [9.17, 15) is 4.79 Å². The summed E-state index contributed by atoms with van der Waals surface area (Å²) in [5.41, 5.74) is 1.82. The molecule has 24 heteroatoms. The Morgan fingerprint density at radius 2 is 1.54 bits per heavy atom. The van der Waals surface area contributed by atoms with Gasteiger partial charge in [-0.25, -0.2) is 4.98 Å². The maximum atomic E-state index is 12.7. The predicted octanol–water partition coefficient (Wildman–Crippen LogP) is 2.48. The van der Waals surface area contributed by atoms with Crippen LogP contribution in [0.3, 0.4) is 0 Å². The Morgan fingerprint density at radius 1 is 0.926 bits per heavy atom. The number of carbonyl (C=O) groups is 1. The van der Waals surface area contributed by atoms with Crippen LogP contribution in [0.15, 0.2) is 61.2 Å². The summed E-state index contributed by atoms with van der Waals surface area (Å²) in [6.45, 7) is 7.61. The summed E-state index contributed by atoms with van der Waals surface area (Å²) >= 11 is 12.7. The van der Waals surface area contributed by atoms with Gasteiger partial charge < -0.3 is 48.9 Å². The standard InChI is InChI=1S/C30H35Cl2N5O5.3HNO3/c31-23-1-6-27(28(32)17-23)30(21-35-8-7-33-22-35)41-20-26(42-30)19-40-25-4-2-24(3-5-25)36-9-11-37(12-10-36)29(38)18-34-13-15-39-16-14-34;3*2-1(3)4/h1-8,17,22,26H,9-16,18-21H2;3*(H,2,3,4). The second-order valence-electron chi connectivity index (χ2n) is 11.4. The highest BCUT2D eigenvalue weighted by molar-refractivity contribution is 6.35. The molecule has 0 radical (unpaired) electrons. The van der Waals surface area contributed by atoms with Gasteiger partial charge in [-0.05, 0) is 36.4 Å². The van der Waals surface area contributed by atoms with Gasteiger partial charge in [0.2, 0.25) is 11.7 Å². The topological polar surface area (TPSA) is 272 Å². The van der Waals surface area contributed by atoms with Gasteiger partial charge in [-0.1, -0.05) is 29.3 Å². The number of carbonyl (C=O) groups excluding carboxylic acids is 1. The number of amides is 1. The fourth-order valence-corrected chi connectivity index (χ4v) is 6.13. The summed E-state index contributed by atoms with van der Waals surface area (Å²) in [5.74, 6) is -0.143. The molecule has 22 nitrogen and oxygen atoms in total. The minimum atomic E-state index is -1.50. The Labute approximate surface area is 316 Å². The van der Waals surface area contributed by atoms with Crippen LogP contribution in [0.1, 0.15) is 5.56 Å². The van der Waals surface area contributed by atoms with Crippen molar-refractivity contribution in [2.45, 2.75) is 18.4 Å². The first kappa shape index (κ1) is 43.1. The van der Waals surface area contributed by atoms with E-state index in [1.54, 1.807) is 24.7 Å². The Kier molecular flexibility index (Phi) is 17.1. The van der Waals surface area contributed by atoms with Gasteiger partial charge in [0.05, 0.1) is 44.3 Å². The van der Waals surface area contributed by atoms with Crippen molar-refractivity contribution in [3.63, 3.8) is 0 Å². The summed E-state index contributed by atoms with van der Waals surface area (Å²) in [6, 6.07) is 13.4. The van der Waals surface area contributed by atoms with E-state index in [2.05, 4.69) is 26.9 Å². The van der Waals surface area contributed by atoms with Crippen LogP contribution >= 0.6 is 23.2 Å². The molecule has 2 unspecified atom stereocenters. The highest BCUT2D eigenvalue weighted by Crippen LogP contribution is 2.40. The van der Waals surface area contributed by atoms with Crippen molar-refractivity contribution < 1.29 is 54.6 Å². The lowest BCUT2D eigenvalue weighted by molar-refractivity contribution is -0.742. The fraction of sp³-hybridized carbons (Fsp3) is 0.467. The van der Waals surface area contributed by atoms with E-state index in [0.29, 0.717) is 55.1 Å². The third-order valence-electron chi connectivity index (χ3n) is 7.88. The first-order valence-corrected chi connectivity index (χ1v) is 16.7. The molecule has 296 valence electrons. The van der Waals surface area contributed by atoms with Gasteiger partial charge in [0.25, 0.3) is 15.3 Å². The lowest BCUT2D eigenvalue weighted by Gasteiger charge is -2.37. The van der Waals surface area contributed by atoms with Crippen LogP contribution in [0.2, 0.25) is 10.0 Å². The number of rotatable bonds is 9. The van der Waals surface area contributed by atoms with Crippen molar-refractivity contribution in [1.82, 2.24) is 19.4 Å². The van der Waals surface area contributed by atoms with Gasteiger partial charge in [0, 0.05) is 67.9 Å². The Hall–Kier alpha value is -5.26. The zero-order chi connectivity index (χ0) is 39.7. The van der Waals surface area contributed by atoms with Crippen LogP contribution in [0.25, 0.3) is 0 Å². The van der Waals surface area contributed by atoms with Gasteiger partial charge in [-0.15, -0.1) is 30.3 Å². The molecule has 6 rings (SSSR count). The van der Waals surface area contributed by atoms with Crippen molar-refractivity contribution in [3.8, 4) is 5.75 Å². The summed E-state index contributed by atoms with van der Waals surface area (Å²) < 4.78 is 26.1. The lowest BCUT2D eigenvalue weighted by atomic mass is 10.1. The molecule has 3 N–H and O–H groups in total. The first-order valence-electron chi connectivity index (χ1n) is 16.0. The number of hydrogen-bond donors (Lipinski definition) is 3. The quantitative estimate of drug-likeness (QED) is 0.207. The number of morpholine rings is 1. The minimum absolute atomic E-state index is 0.200. The van der Waals surface area contributed by atoms with Gasteiger partial charge >= 0.3 is 0 Å². The van der Waals surface area contributed by atoms with Crippen LogP contribution in [0.5, 0.6) is 5.75 Å². The van der Waals surface area contributed by atoms with E-state index in [1.807, 2.05) is 33.9 Å². The molecule has 3 fully saturated rings. The molecule has 3 aliphatic rings. The third-order valence-corrected chi connectivity index (χ3v) is 8.43. The Morgan fingerprint density at radius 3 is 2.09 bits per heavy atom. The number of hydrogen-bond acceptors (Lipinski definition) is 14. The number of aromatic nitrogens is 2.